The molecule has 0 aromatic heterocycles. The molecule has 0 radical (unpaired) electrons. The van der Waals surface area contributed by atoms with Gasteiger partial charge in [-0.2, -0.15) is 0 Å². The number of amides is 1. The van der Waals surface area contributed by atoms with Crippen molar-refractivity contribution < 1.29 is 9.90 Å². The van der Waals surface area contributed by atoms with Gasteiger partial charge >= 0.3 is 0 Å². The fourth-order valence-electron chi connectivity index (χ4n) is 3.79. The Balaban J connectivity index is 1.63. The van der Waals surface area contributed by atoms with Gasteiger partial charge in [0.15, 0.2) is 0 Å². The molecule has 2 fully saturated rings. The van der Waals surface area contributed by atoms with Gasteiger partial charge in [-0.1, -0.05) is 30.5 Å². The molecule has 1 aliphatic heterocycles. The largest absolute Gasteiger partial charge is 0.391 e. The van der Waals surface area contributed by atoms with Crippen LogP contribution in [0.5, 0.6) is 0 Å². The van der Waals surface area contributed by atoms with Gasteiger partial charge in [0.05, 0.1) is 6.10 Å². The second kappa shape index (κ2) is 7.65. The first-order valence-electron chi connectivity index (χ1n) is 8.62. The molecule has 0 spiro atoms. The Bertz CT molecular complexity index is 552. The van der Waals surface area contributed by atoms with Crippen molar-refractivity contribution in [3.8, 4) is 0 Å². The van der Waals surface area contributed by atoms with Gasteiger partial charge in [0.1, 0.15) is 0 Å². The van der Waals surface area contributed by atoms with E-state index in [-0.39, 0.29) is 18.1 Å². The SMILES string of the molecule is O=C(c1cccc(Cl)c1)N1CCCN(C2CCCCC2O)CC1. The number of benzene rings is 1. The summed E-state index contributed by atoms with van der Waals surface area (Å²) < 4.78 is 0. The first-order chi connectivity index (χ1) is 11.1. The topological polar surface area (TPSA) is 43.8 Å². The Morgan fingerprint density at radius 3 is 2.70 bits per heavy atom. The van der Waals surface area contributed by atoms with E-state index in [0.29, 0.717) is 17.1 Å². The molecule has 4 nitrogen and oxygen atoms in total. The van der Waals surface area contributed by atoms with Crippen LogP contribution in [-0.4, -0.2) is 59.1 Å². The summed E-state index contributed by atoms with van der Waals surface area (Å²) in [5.41, 5.74) is 0.656. The van der Waals surface area contributed by atoms with Gasteiger partial charge in [0.25, 0.3) is 5.91 Å². The molecule has 5 heteroatoms. The second-order valence-corrected chi connectivity index (χ2v) is 7.05. The van der Waals surface area contributed by atoms with E-state index in [0.717, 1.165) is 45.3 Å². The van der Waals surface area contributed by atoms with Crippen molar-refractivity contribution in [2.45, 2.75) is 44.2 Å². The summed E-state index contributed by atoms with van der Waals surface area (Å²) in [6.45, 7) is 3.29. The van der Waals surface area contributed by atoms with Gasteiger partial charge in [-0.05, 0) is 37.5 Å². The van der Waals surface area contributed by atoms with Crippen LogP contribution in [0.2, 0.25) is 5.02 Å². The molecule has 1 aromatic carbocycles. The van der Waals surface area contributed by atoms with Crippen molar-refractivity contribution in [3.05, 3.63) is 34.9 Å². The summed E-state index contributed by atoms with van der Waals surface area (Å²) >= 11 is 5.99. The summed E-state index contributed by atoms with van der Waals surface area (Å²) in [4.78, 5) is 17.0. The highest BCUT2D eigenvalue weighted by molar-refractivity contribution is 6.30. The van der Waals surface area contributed by atoms with E-state index in [1.807, 2.05) is 17.0 Å². The number of carbonyl (C=O) groups is 1. The van der Waals surface area contributed by atoms with Crippen LogP contribution in [0.4, 0.5) is 0 Å². The molecule has 1 saturated carbocycles. The van der Waals surface area contributed by atoms with Crippen LogP contribution >= 0.6 is 11.6 Å². The summed E-state index contributed by atoms with van der Waals surface area (Å²) in [5, 5.41) is 10.9. The van der Waals surface area contributed by atoms with Crippen LogP contribution in [0.25, 0.3) is 0 Å². The summed E-state index contributed by atoms with van der Waals surface area (Å²) in [7, 11) is 0. The van der Waals surface area contributed by atoms with Crippen LogP contribution in [0.1, 0.15) is 42.5 Å². The maximum atomic E-state index is 12.7. The molecule has 1 aromatic rings. The Labute approximate surface area is 143 Å². The minimum atomic E-state index is -0.209. The average molecular weight is 337 g/mol. The lowest BCUT2D eigenvalue weighted by Crippen LogP contribution is -2.47. The number of hydrogen-bond acceptors (Lipinski definition) is 3. The first kappa shape index (κ1) is 16.7. The normalized spacial score (nSPS) is 26.8. The third-order valence-corrected chi connectivity index (χ3v) is 5.29. The van der Waals surface area contributed by atoms with Crippen molar-refractivity contribution in [1.82, 2.24) is 9.80 Å². The van der Waals surface area contributed by atoms with Crippen LogP contribution in [-0.2, 0) is 0 Å². The van der Waals surface area contributed by atoms with E-state index in [2.05, 4.69) is 4.90 Å². The van der Waals surface area contributed by atoms with E-state index >= 15 is 0 Å². The first-order valence-corrected chi connectivity index (χ1v) is 9.00. The number of nitrogens with zero attached hydrogens (tertiary/aromatic N) is 2. The third-order valence-electron chi connectivity index (χ3n) is 5.05. The number of hydrogen-bond donors (Lipinski definition) is 1. The molecule has 0 bridgehead atoms. The van der Waals surface area contributed by atoms with E-state index in [1.54, 1.807) is 12.1 Å². The van der Waals surface area contributed by atoms with Crippen molar-refractivity contribution >= 4 is 17.5 Å². The van der Waals surface area contributed by atoms with Crippen molar-refractivity contribution in [2.75, 3.05) is 26.2 Å². The lowest BCUT2D eigenvalue weighted by Gasteiger charge is -2.37. The number of rotatable bonds is 2. The Hall–Kier alpha value is -1.10. The molecular formula is C18H25ClN2O2. The monoisotopic (exact) mass is 336 g/mol. The zero-order chi connectivity index (χ0) is 16.2. The molecule has 23 heavy (non-hydrogen) atoms. The molecule has 1 aliphatic carbocycles. The molecule has 1 N–H and O–H groups in total. The summed E-state index contributed by atoms with van der Waals surface area (Å²) in [6, 6.07) is 7.43. The van der Waals surface area contributed by atoms with Gasteiger partial charge in [0.2, 0.25) is 0 Å². The molecule has 1 amide bonds. The predicted octanol–water partition coefficient (Wildman–Crippen LogP) is 2.79. The molecule has 126 valence electrons. The molecule has 3 rings (SSSR count). The Morgan fingerprint density at radius 2 is 1.91 bits per heavy atom. The highest BCUT2D eigenvalue weighted by atomic mass is 35.5. The van der Waals surface area contributed by atoms with Gasteiger partial charge in [-0.15, -0.1) is 0 Å². The molecule has 2 aliphatic rings. The van der Waals surface area contributed by atoms with Crippen LogP contribution in [0.3, 0.4) is 0 Å². The number of carbonyl (C=O) groups excluding carboxylic acids is 1. The maximum Gasteiger partial charge on any atom is 0.253 e. The van der Waals surface area contributed by atoms with Gasteiger partial charge in [-0.25, -0.2) is 0 Å². The van der Waals surface area contributed by atoms with Crippen LogP contribution < -0.4 is 0 Å². The third kappa shape index (κ3) is 4.06. The van der Waals surface area contributed by atoms with E-state index in [4.69, 9.17) is 11.6 Å². The summed E-state index contributed by atoms with van der Waals surface area (Å²) in [5.74, 6) is 0.0542. The molecular weight excluding hydrogens is 312 g/mol. The van der Waals surface area contributed by atoms with E-state index in [1.165, 1.54) is 6.42 Å². The van der Waals surface area contributed by atoms with E-state index < -0.39 is 0 Å². The minimum Gasteiger partial charge on any atom is -0.391 e. The van der Waals surface area contributed by atoms with Gasteiger partial charge in [0, 0.05) is 42.8 Å². The molecule has 2 unspecified atom stereocenters. The van der Waals surface area contributed by atoms with E-state index in [9.17, 15) is 9.90 Å². The quantitative estimate of drug-likeness (QED) is 0.903. The van der Waals surface area contributed by atoms with Crippen molar-refractivity contribution in [2.24, 2.45) is 0 Å². The van der Waals surface area contributed by atoms with Crippen LogP contribution in [0, 0.1) is 0 Å². The highest BCUT2D eigenvalue weighted by Gasteiger charge is 2.30. The predicted molar refractivity (Wildman–Crippen MR) is 91.8 cm³/mol. The summed E-state index contributed by atoms with van der Waals surface area (Å²) in [6.07, 6.45) is 5.05. The van der Waals surface area contributed by atoms with Crippen LogP contribution in [0.15, 0.2) is 24.3 Å². The van der Waals surface area contributed by atoms with Crippen molar-refractivity contribution in [1.29, 1.82) is 0 Å². The Kier molecular flexibility index (Phi) is 5.57. The molecule has 1 heterocycles. The Morgan fingerprint density at radius 1 is 1.09 bits per heavy atom. The standard InChI is InChI=1S/C18H25ClN2O2/c19-15-6-3-5-14(13-15)18(23)21-10-4-9-20(11-12-21)16-7-1-2-8-17(16)22/h3,5-6,13,16-17,22H,1-2,4,7-12H2. The average Bonchev–Trinajstić information content (AvgIpc) is 2.80. The smallest absolute Gasteiger partial charge is 0.253 e. The number of aliphatic hydroxyl groups is 1. The fourth-order valence-corrected chi connectivity index (χ4v) is 3.98. The zero-order valence-electron chi connectivity index (χ0n) is 13.5. The fraction of sp³-hybridized carbons (Fsp3) is 0.611. The number of aliphatic hydroxyl groups excluding tert-OH is 1. The lowest BCUT2D eigenvalue weighted by molar-refractivity contribution is 0.0216. The minimum absolute atomic E-state index is 0.0542. The van der Waals surface area contributed by atoms with Gasteiger partial charge in [-0.3, -0.25) is 9.69 Å². The maximum absolute atomic E-state index is 12.7. The number of halogens is 1. The molecule has 2 atom stereocenters. The van der Waals surface area contributed by atoms with Gasteiger partial charge < -0.3 is 10.0 Å². The lowest BCUT2D eigenvalue weighted by atomic mass is 9.91. The molecule has 1 saturated heterocycles. The van der Waals surface area contributed by atoms with Crippen molar-refractivity contribution in [3.63, 3.8) is 0 Å². The second-order valence-electron chi connectivity index (χ2n) is 6.61. The zero-order valence-corrected chi connectivity index (χ0v) is 14.2. The highest BCUT2D eigenvalue weighted by Crippen LogP contribution is 2.24.